The summed E-state index contributed by atoms with van der Waals surface area (Å²) in [5, 5.41) is 11.8. The molecule has 6 heteroatoms. The van der Waals surface area contributed by atoms with E-state index in [4.69, 9.17) is 10.9 Å². The van der Waals surface area contributed by atoms with Crippen molar-refractivity contribution < 1.29 is 10.0 Å². The van der Waals surface area contributed by atoms with Crippen molar-refractivity contribution in [2.24, 2.45) is 16.8 Å². The van der Waals surface area contributed by atoms with E-state index in [-0.39, 0.29) is 17.7 Å². The van der Waals surface area contributed by atoms with Crippen molar-refractivity contribution in [2.45, 2.75) is 19.8 Å². The summed E-state index contributed by atoms with van der Waals surface area (Å²) >= 11 is 0. The third-order valence-corrected chi connectivity index (χ3v) is 3.39. The Hall–Kier alpha value is -2.11. The van der Waals surface area contributed by atoms with Crippen LogP contribution in [0.4, 0.5) is 0 Å². The van der Waals surface area contributed by atoms with Crippen molar-refractivity contribution in [3.63, 3.8) is 0 Å². The summed E-state index contributed by atoms with van der Waals surface area (Å²) in [5.74, 6) is 0.106. The zero-order chi connectivity index (χ0) is 13.8. The summed E-state index contributed by atoms with van der Waals surface area (Å²) < 4.78 is 0. The van der Waals surface area contributed by atoms with Gasteiger partial charge in [-0.05, 0) is 31.9 Å². The lowest BCUT2D eigenvalue weighted by atomic mass is 9.96. The third-order valence-electron chi connectivity index (χ3n) is 3.39. The molecule has 1 aromatic rings. The van der Waals surface area contributed by atoms with Gasteiger partial charge in [0.25, 0.3) is 5.91 Å². The number of nitrogens with two attached hydrogens (primary N) is 1. The Morgan fingerprint density at radius 2 is 2.42 bits per heavy atom. The Kier molecular flexibility index (Phi) is 3.99. The molecule has 0 spiro atoms. The predicted molar refractivity (Wildman–Crippen MR) is 71.0 cm³/mol. The largest absolute Gasteiger partial charge is 0.409 e. The number of oxime groups is 1. The minimum atomic E-state index is -0.0642. The van der Waals surface area contributed by atoms with E-state index >= 15 is 0 Å². The standard InChI is InChI=1S/C13H18N4O2/c1-9-7-10(4-5-15-9)13(18)17-6-2-3-11(8-17)12(14)16-19/h4-5,7,11,19H,2-3,6,8H2,1H3,(H2,14,16). The highest BCUT2D eigenvalue weighted by Gasteiger charge is 2.26. The molecule has 1 aliphatic heterocycles. The number of aryl methyl sites for hydroxylation is 1. The van der Waals surface area contributed by atoms with E-state index in [1.807, 2.05) is 6.92 Å². The number of hydrogen-bond acceptors (Lipinski definition) is 4. The lowest BCUT2D eigenvalue weighted by Gasteiger charge is -2.32. The van der Waals surface area contributed by atoms with Gasteiger partial charge in [0.2, 0.25) is 0 Å². The zero-order valence-corrected chi connectivity index (χ0v) is 10.9. The van der Waals surface area contributed by atoms with Gasteiger partial charge in [0.05, 0.1) is 0 Å². The van der Waals surface area contributed by atoms with Crippen LogP contribution in [0.3, 0.4) is 0 Å². The Morgan fingerprint density at radius 1 is 1.63 bits per heavy atom. The maximum Gasteiger partial charge on any atom is 0.253 e. The predicted octanol–water partition coefficient (Wildman–Crippen LogP) is 0.989. The number of pyridine rings is 1. The first-order chi connectivity index (χ1) is 9.11. The SMILES string of the molecule is Cc1cc(C(=O)N2CCCC(/C(N)=N/O)C2)ccn1. The van der Waals surface area contributed by atoms with Gasteiger partial charge in [-0.2, -0.15) is 0 Å². The quantitative estimate of drug-likeness (QED) is 0.360. The molecular weight excluding hydrogens is 244 g/mol. The molecular formula is C13H18N4O2. The van der Waals surface area contributed by atoms with Gasteiger partial charge in [-0.1, -0.05) is 5.16 Å². The van der Waals surface area contributed by atoms with Crippen LogP contribution in [0.25, 0.3) is 0 Å². The lowest BCUT2D eigenvalue weighted by Crippen LogP contribution is -2.44. The Balaban J connectivity index is 2.11. The van der Waals surface area contributed by atoms with Gasteiger partial charge >= 0.3 is 0 Å². The fraction of sp³-hybridized carbons (Fsp3) is 0.462. The summed E-state index contributed by atoms with van der Waals surface area (Å²) in [6, 6.07) is 3.48. The highest BCUT2D eigenvalue weighted by Crippen LogP contribution is 2.18. The molecule has 0 radical (unpaired) electrons. The molecule has 1 saturated heterocycles. The second kappa shape index (κ2) is 5.69. The summed E-state index contributed by atoms with van der Waals surface area (Å²) in [7, 11) is 0. The van der Waals surface area contributed by atoms with Crippen LogP contribution in [0.5, 0.6) is 0 Å². The number of hydrogen-bond donors (Lipinski definition) is 2. The van der Waals surface area contributed by atoms with E-state index in [0.29, 0.717) is 18.7 Å². The average Bonchev–Trinajstić information content (AvgIpc) is 2.45. The van der Waals surface area contributed by atoms with E-state index in [0.717, 1.165) is 18.5 Å². The lowest BCUT2D eigenvalue weighted by molar-refractivity contribution is 0.0701. The summed E-state index contributed by atoms with van der Waals surface area (Å²) in [4.78, 5) is 18.2. The first-order valence-electron chi connectivity index (χ1n) is 6.31. The molecule has 2 heterocycles. The molecule has 1 amide bonds. The normalized spacial score (nSPS) is 20.4. The minimum Gasteiger partial charge on any atom is -0.409 e. The molecule has 1 aliphatic rings. The van der Waals surface area contributed by atoms with Crippen LogP contribution in [-0.2, 0) is 0 Å². The van der Waals surface area contributed by atoms with Crippen molar-refractivity contribution in [2.75, 3.05) is 13.1 Å². The number of rotatable bonds is 2. The van der Waals surface area contributed by atoms with Crippen molar-refractivity contribution >= 4 is 11.7 Å². The number of piperidine rings is 1. The van der Waals surface area contributed by atoms with Crippen LogP contribution < -0.4 is 5.73 Å². The number of likely N-dealkylation sites (tertiary alicyclic amines) is 1. The van der Waals surface area contributed by atoms with Crippen LogP contribution in [0, 0.1) is 12.8 Å². The van der Waals surface area contributed by atoms with Gasteiger partial charge in [0.1, 0.15) is 5.84 Å². The van der Waals surface area contributed by atoms with Gasteiger partial charge in [-0.3, -0.25) is 9.78 Å². The molecule has 0 aromatic carbocycles. The highest BCUT2D eigenvalue weighted by molar-refractivity contribution is 5.94. The Morgan fingerprint density at radius 3 is 3.11 bits per heavy atom. The van der Waals surface area contributed by atoms with E-state index < -0.39 is 0 Å². The monoisotopic (exact) mass is 262 g/mol. The maximum absolute atomic E-state index is 12.4. The molecule has 1 fully saturated rings. The maximum atomic E-state index is 12.4. The molecule has 102 valence electrons. The number of amides is 1. The van der Waals surface area contributed by atoms with Crippen molar-refractivity contribution in [3.8, 4) is 0 Å². The second-order valence-electron chi connectivity index (χ2n) is 4.80. The number of amidine groups is 1. The molecule has 1 unspecified atom stereocenters. The van der Waals surface area contributed by atoms with Gasteiger partial charge < -0.3 is 15.8 Å². The molecule has 6 nitrogen and oxygen atoms in total. The fourth-order valence-electron chi connectivity index (χ4n) is 2.35. The molecule has 0 aliphatic carbocycles. The van der Waals surface area contributed by atoms with Crippen LogP contribution >= 0.6 is 0 Å². The van der Waals surface area contributed by atoms with Crippen LogP contribution in [0.2, 0.25) is 0 Å². The first kappa shape index (κ1) is 13.3. The van der Waals surface area contributed by atoms with Gasteiger partial charge in [-0.15, -0.1) is 0 Å². The second-order valence-corrected chi connectivity index (χ2v) is 4.80. The molecule has 0 saturated carbocycles. The van der Waals surface area contributed by atoms with Crippen LogP contribution in [-0.4, -0.2) is 39.9 Å². The minimum absolute atomic E-state index is 0.0269. The first-order valence-corrected chi connectivity index (χ1v) is 6.31. The van der Waals surface area contributed by atoms with Crippen molar-refractivity contribution in [1.29, 1.82) is 0 Å². The molecule has 2 rings (SSSR count). The number of carbonyl (C=O) groups excluding carboxylic acids is 1. The summed E-state index contributed by atoms with van der Waals surface area (Å²) in [6.07, 6.45) is 3.33. The number of nitrogens with zero attached hydrogens (tertiary/aromatic N) is 3. The number of carbonyl (C=O) groups is 1. The number of aromatic nitrogens is 1. The molecule has 3 N–H and O–H groups in total. The molecule has 1 aromatic heterocycles. The highest BCUT2D eigenvalue weighted by atomic mass is 16.4. The van der Waals surface area contributed by atoms with E-state index in [1.54, 1.807) is 23.2 Å². The molecule has 1 atom stereocenters. The third kappa shape index (κ3) is 3.01. The van der Waals surface area contributed by atoms with Crippen LogP contribution in [0.15, 0.2) is 23.5 Å². The molecule has 19 heavy (non-hydrogen) atoms. The molecule has 0 bridgehead atoms. The van der Waals surface area contributed by atoms with E-state index in [9.17, 15) is 4.79 Å². The summed E-state index contributed by atoms with van der Waals surface area (Å²) in [6.45, 7) is 3.05. The van der Waals surface area contributed by atoms with Crippen molar-refractivity contribution in [3.05, 3.63) is 29.6 Å². The van der Waals surface area contributed by atoms with Crippen LogP contribution in [0.1, 0.15) is 28.9 Å². The van der Waals surface area contributed by atoms with E-state index in [2.05, 4.69) is 10.1 Å². The smallest absolute Gasteiger partial charge is 0.253 e. The van der Waals surface area contributed by atoms with Gasteiger partial charge in [0, 0.05) is 36.5 Å². The van der Waals surface area contributed by atoms with Gasteiger partial charge in [-0.25, -0.2) is 0 Å². The van der Waals surface area contributed by atoms with Crippen molar-refractivity contribution in [1.82, 2.24) is 9.88 Å². The zero-order valence-electron chi connectivity index (χ0n) is 10.9. The Bertz CT molecular complexity index is 501. The average molecular weight is 262 g/mol. The van der Waals surface area contributed by atoms with Gasteiger partial charge in [0.15, 0.2) is 0 Å². The summed E-state index contributed by atoms with van der Waals surface area (Å²) in [5.41, 5.74) is 7.07. The Labute approximate surface area is 111 Å². The fourth-order valence-corrected chi connectivity index (χ4v) is 2.35. The topological polar surface area (TPSA) is 91.8 Å². The van der Waals surface area contributed by atoms with E-state index in [1.165, 1.54) is 0 Å².